The van der Waals surface area contributed by atoms with Gasteiger partial charge >= 0.3 is 0 Å². The van der Waals surface area contributed by atoms with E-state index in [9.17, 15) is 0 Å². The first-order valence-corrected chi connectivity index (χ1v) is 5.14. The number of hydrogen-bond acceptors (Lipinski definition) is 5. The van der Waals surface area contributed by atoms with Crippen LogP contribution in [0.4, 0.5) is 0 Å². The topological polar surface area (TPSA) is 63.8 Å². The fraction of sp³-hybridized carbons (Fsp3) is 0.364. The van der Waals surface area contributed by atoms with Crippen LogP contribution in [0, 0.1) is 6.92 Å². The average molecular weight is 218 g/mol. The van der Waals surface area contributed by atoms with E-state index in [1.165, 1.54) is 0 Å². The maximum absolute atomic E-state index is 5.15. The van der Waals surface area contributed by atoms with E-state index in [2.05, 4.69) is 20.4 Å². The quantitative estimate of drug-likeness (QED) is 0.849. The standard InChI is InChI=1S/C11H14N4O/c1-7-4-5-13-9(6-7)10-14-11(16-15-10)8(2)12-3/h4-6,8,12H,1-3H3. The van der Waals surface area contributed by atoms with E-state index >= 15 is 0 Å². The van der Waals surface area contributed by atoms with Crippen LogP contribution < -0.4 is 5.32 Å². The molecule has 1 unspecified atom stereocenters. The lowest BCUT2D eigenvalue weighted by Crippen LogP contribution is -2.12. The molecule has 0 radical (unpaired) electrons. The van der Waals surface area contributed by atoms with E-state index in [0.717, 1.165) is 11.3 Å². The molecule has 0 spiro atoms. The summed E-state index contributed by atoms with van der Waals surface area (Å²) in [7, 11) is 1.85. The van der Waals surface area contributed by atoms with Crippen LogP contribution in [0.3, 0.4) is 0 Å². The molecule has 5 nitrogen and oxygen atoms in total. The van der Waals surface area contributed by atoms with Crippen LogP contribution in [0.1, 0.15) is 24.4 Å². The highest BCUT2D eigenvalue weighted by molar-refractivity contribution is 5.48. The molecule has 0 aliphatic heterocycles. The minimum atomic E-state index is 0.0473. The predicted octanol–water partition coefficient (Wildman–Crippen LogP) is 1.72. The van der Waals surface area contributed by atoms with E-state index in [0.29, 0.717) is 11.7 Å². The highest BCUT2D eigenvalue weighted by Crippen LogP contribution is 2.16. The van der Waals surface area contributed by atoms with Crippen LogP contribution >= 0.6 is 0 Å². The van der Waals surface area contributed by atoms with E-state index in [1.54, 1.807) is 6.20 Å². The number of pyridine rings is 1. The molecule has 2 heterocycles. The van der Waals surface area contributed by atoms with Crippen LogP contribution in [0.15, 0.2) is 22.9 Å². The third-order valence-corrected chi connectivity index (χ3v) is 2.39. The Bertz CT molecular complexity index is 480. The normalized spacial score (nSPS) is 12.7. The summed E-state index contributed by atoms with van der Waals surface area (Å²) < 4.78 is 5.15. The second kappa shape index (κ2) is 4.40. The zero-order valence-electron chi connectivity index (χ0n) is 9.56. The van der Waals surface area contributed by atoms with Crippen LogP contribution in [-0.2, 0) is 0 Å². The molecular formula is C11H14N4O. The number of hydrogen-bond donors (Lipinski definition) is 1. The molecule has 0 bridgehead atoms. The van der Waals surface area contributed by atoms with Gasteiger partial charge in [-0.2, -0.15) is 4.98 Å². The minimum absolute atomic E-state index is 0.0473. The van der Waals surface area contributed by atoms with Gasteiger partial charge in [0.1, 0.15) is 5.69 Å². The molecule has 0 aliphatic rings. The Balaban J connectivity index is 2.31. The highest BCUT2D eigenvalue weighted by atomic mass is 16.5. The molecule has 16 heavy (non-hydrogen) atoms. The highest BCUT2D eigenvalue weighted by Gasteiger charge is 2.13. The average Bonchev–Trinajstić information content (AvgIpc) is 2.77. The second-order valence-corrected chi connectivity index (χ2v) is 3.69. The second-order valence-electron chi connectivity index (χ2n) is 3.69. The Hall–Kier alpha value is -1.75. The van der Waals surface area contributed by atoms with Crippen molar-refractivity contribution in [1.82, 2.24) is 20.4 Å². The van der Waals surface area contributed by atoms with Crippen LogP contribution in [-0.4, -0.2) is 22.2 Å². The molecule has 1 N–H and O–H groups in total. The van der Waals surface area contributed by atoms with Gasteiger partial charge in [0.25, 0.3) is 0 Å². The lowest BCUT2D eigenvalue weighted by atomic mass is 10.2. The van der Waals surface area contributed by atoms with E-state index in [4.69, 9.17) is 4.52 Å². The van der Waals surface area contributed by atoms with Gasteiger partial charge in [0.05, 0.1) is 6.04 Å². The molecule has 0 aromatic carbocycles. The smallest absolute Gasteiger partial charge is 0.243 e. The Morgan fingerprint density at radius 3 is 2.94 bits per heavy atom. The molecule has 2 aromatic heterocycles. The number of rotatable bonds is 3. The van der Waals surface area contributed by atoms with Gasteiger partial charge in [0, 0.05) is 6.20 Å². The number of nitrogens with zero attached hydrogens (tertiary/aromatic N) is 3. The van der Waals surface area contributed by atoms with Crippen molar-refractivity contribution in [2.45, 2.75) is 19.9 Å². The third-order valence-electron chi connectivity index (χ3n) is 2.39. The van der Waals surface area contributed by atoms with Gasteiger partial charge in [-0.3, -0.25) is 4.98 Å². The fourth-order valence-corrected chi connectivity index (χ4v) is 1.30. The molecule has 0 saturated heterocycles. The van der Waals surface area contributed by atoms with Gasteiger partial charge in [-0.25, -0.2) is 0 Å². The molecule has 84 valence electrons. The van der Waals surface area contributed by atoms with Gasteiger partial charge in [0.2, 0.25) is 11.7 Å². The van der Waals surface area contributed by atoms with E-state index in [1.807, 2.05) is 33.0 Å². The number of aromatic nitrogens is 3. The summed E-state index contributed by atoms with van der Waals surface area (Å²) in [5.41, 5.74) is 1.86. The number of nitrogens with one attached hydrogen (secondary N) is 1. The maximum Gasteiger partial charge on any atom is 0.243 e. The molecule has 0 saturated carbocycles. The first kappa shape index (κ1) is 10.8. The van der Waals surface area contributed by atoms with Crippen molar-refractivity contribution < 1.29 is 4.52 Å². The molecule has 2 rings (SSSR count). The molecule has 0 aliphatic carbocycles. The Morgan fingerprint density at radius 2 is 2.25 bits per heavy atom. The molecule has 1 atom stereocenters. The summed E-state index contributed by atoms with van der Waals surface area (Å²) in [6, 6.07) is 3.91. The van der Waals surface area contributed by atoms with Gasteiger partial charge in [-0.15, -0.1) is 0 Å². The fourth-order valence-electron chi connectivity index (χ4n) is 1.30. The van der Waals surface area contributed by atoms with Crippen molar-refractivity contribution in [3.05, 3.63) is 29.8 Å². The summed E-state index contributed by atoms with van der Waals surface area (Å²) >= 11 is 0. The first-order valence-electron chi connectivity index (χ1n) is 5.14. The molecular weight excluding hydrogens is 204 g/mol. The molecule has 5 heteroatoms. The van der Waals surface area contributed by atoms with Crippen molar-refractivity contribution in [2.75, 3.05) is 7.05 Å². The summed E-state index contributed by atoms with van der Waals surface area (Å²) in [4.78, 5) is 8.49. The lowest BCUT2D eigenvalue weighted by molar-refractivity contribution is 0.347. The van der Waals surface area contributed by atoms with Gasteiger partial charge in [0.15, 0.2) is 0 Å². The van der Waals surface area contributed by atoms with Crippen molar-refractivity contribution in [3.63, 3.8) is 0 Å². The Kier molecular flexibility index (Phi) is 2.96. The lowest BCUT2D eigenvalue weighted by Gasteiger charge is -2.01. The van der Waals surface area contributed by atoms with Crippen molar-refractivity contribution in [2.24, 2.45) is 0 Å². The van der Waals surface area contributed by atoms with Gasteiger partial charge in [-0.1, -0.05) is 5.16 Å². The van der Waals surface area contributed by atoms with Crippen molar-refractivity contribution >= 4 is 0 Å². The van der Waals surface area contributed by atoms with E-state index in [-0.39, 0.29) is 6.04 Å². The minimum Gasteiger partial charge on any atom is -0.337 e. The van der Waals surface area contributed by atoms with Crippen molar-refractivity contribution in [1.29, 1.82) is 0 Å². The zero-order chi connectivity index (χ0) is 11.5. The van der Waals surface area contributed by atoms with Gasteiger partial charge < -0.3 is 9.84 Å². The third kappa shape index (κ3) is 2.09. The van der Waals surface area contributed by atoms with Crippen molar-refractivity contribution in [3.8, 4) is 11.5 Å². The van der Waals surface area contributed by atoms with Crippen LogP contribution in [0.25, 0.3) is 11.5 Å². The number of aryl methyl sites for hydroxylation is 1. The zero-order valence-corrected chi connectivity index (χ0v) is 9.56. The summed E-state index contributed by atoms with van der Waals surface area (Å²) in [5.74, 6) is 1.10. The maximum atomic E-state index is 5.15. The summed E-state index contributed by atoms with van der Waals surface area (Å²) in [6.07, 6.45) is 1.74. The van der Waals surface area contributed by atoms with Crippen LogP contribution in [0.2, 0.25) is 0 Å². The predicted molar refractivity (Wildman–Crippen MR) is 59.7 cm³/mol. The summed E-state index contributed by atoms with van der Waals surface area (Å²) in [5, 5.41) is 6.95. The van der Waals surface area contributed by atoms with Crippen LogP contribution in [0.5, 0.6) is 0 Å². The Labute approximate surface area is 93.9 Å². The van der Waals surface area contributed by atoms with E-state index < -0.39 is 0 Å². The molecule has 0 fully saturated rings. The monoisotopic (exact) mass is 218 g/mol. The summed E-state index contributed by atoms with van der Waals surface area (Å²) in [6.45, 7) is 3.96. The molecule has 2 aromatic rings. The largest absolute Gasteiger partial charge is 0.337 e. The first-order chi connectivity index (χ1) is 7.70. The Morgan fingerprint density at radius 1 is 1.44 bits per heavy atom. The SMILES string of the molecule is CNC(C)c1nc(-c2cc(C)ccn2)no1. The van der Waals surface area contributed by atoms with Gasteiger partial charge in [-0.05, 0) is 38.6 Å². The molecule has 0 amide bonds.